The zero-order valence-corrected chi connectivity index (χ0v) is 9.97. The van der Waals surface area contributed by atoms with Crippen molar-refractivity contribution in [2.24, 2.45) is 12.8 Å². The van der Waals surface area contributed by atoms with Crippen LogP contribution in [0.5, 0.6) is 0 Å². The molecule has 0 unspecified atom stereocenters. The van der Waals surface area contributed by atoms with Crippen LogP contribution in [0.15, 0.2) is 24.4 Å². The summed E-state index contributed by atoms with van der Waals surface area (Å²) in [6.45, 7) is 2.87. The molecular weight excluding hydrogens is 208 g/mol. The lowest BCUT2D eigenvalue weighted by atomic mass is 10.0. The van der Waals surface area contributed by atoms with Gasteiger partial charge in [-0.2, -0.15) is 0 Å². The van der Waals surface area contributed by atoms with Gasteiger partial charge in [0.05, 0.1) is 0 Å². The molecule has 0 aliphatic rings. The number of hydrogen-bond acceptors (Lipinski definition) is 1. The van der Waals surface area contributed by atoms with Gasteiger partial charge in [0.25, 0.3) is 0 Å². The number of fused-ring (bicyclic) bond motifs is 1. The average Bonchev–Trinajstić information content (AvgIpc) is 2.53. The van der Waals surface area contributed by atoms with Gasteiger partial charge >= 0.3 is 0 Å². The maximum atomic E-state index is 5.62. The van der Waals surface area contributed by atoms with Crippen LogP contribution in [0.4, 0.5) is 0 Å². The fourth-order valence-corrected chi connectivity index (χ4v) is 2.00. The number of aromatic nitrogens is 1. The SMILES string of the molecule is Cc1ccc2c(ccn2C)c1CCN.Cl. The molecule has 2 nitrogen and oxygen atoms in total. The molecule has 1 aromatic heterocycles. The highest BCUT2D eigenvalue weighted by Gasteiger charge is 2.05. The van der Waals surface area contributed by atoms with Crippen molar-refractivity contribution in [2.75, 3.05) is 6.54 Å². The lowest BCUT2D eigenvalue weighted by Crippen LogP contribution is -2.04. The van der Waals surface area contributed by atoms with Gasteiger partial charge in [-0.1, -0.05) is 6.07 Å². The normalized spacial score (nSPS) is 10.3. The second kappa shape index (κ2) is 4.69. The van der Waals surface area contributed by atoms with Gasteiger partial charge in [0.1, 0.15) is 0 Å². The van der Waals surface area contributed by atoms with E-state index in [4.69, 9.17) is 5.73 Å². The molecule has 0 amide bonds. The summed E-state index contributed by atoms with van der Waals surface area (Å²) in [7, 11) is 2.07. The maximum absolute atomic E-state index is 5.62. The zero-order valence-electron chi connectivity index (χ0n) is 9.16. The highest BCUT2D eigenvalue weighted by atomic mass is 35.5. The van der Waals surface area contributed by atoms with Crippen molar-refractivity contribution in [1.82, 2.24) is 4.57 Å². The lowest BCUT2D eigenvalue weighted by Gasteiger charge is -2.06. The highest BCUT2D eigenvalue weighted by molar-refractivity contribution is 5.85. The van der Waals surface area contributed by atoms with E-state index in [1.807, 2.05) is 0 Å². The summed E-state index contributed by atoms with van der Waals surface area (Å²) < 4.78 is 2.15. The van der Waals surface area contributed by atoms with Crippen LogP contribution in [-0.2, 0) is 13.5 Å². The van der Waals surface area contributed by atoms with Gasteiger partial charge in [-0.3, -0.25) is 0 Å². The van der Waals surface area contributed by atoms with E-state index in [9.17, 15) is 0 Å². The van der Waals surface area contributed by atoms with Crippen molar-refractivity contribution in [3.8, 4) is 0 Å². The van der Waals surface area contributed by atoms with E-state index in [1.54, 1.807) is 0 Å². The molecule has 82 valence electrons. The van der Waals surface area contributed by atoms with E-state index in [0.29, 0.717) is 0 Å². The van der Waals surface area contributed by atoms with Gasteiger partial charge in [-0.25, -0.2) is 0 Å². The van der Waals surface area contributed by atoms with Crippen molar-refractivity contribution in [2.45, 2.75) is 13.3 Å². The molecule has 2 aromatic rings. The number of nitrogens with zero attached hydrogens (tertiary/aromatic N) is 1. The van der Waals surface area contributed by atoms with Gasteiger partial charge in [-0.05, 0) is 43.1 Å². The third kappa shape index (κ3) is 2.01. The molecule has 0 fully saturated rings. The number of halogens is 1. The molecule has 0 spiro atoms. The zero-order chi connectivity index (χ0) is 10.1. The first-order valence-electron chi connectivity index (χ1n) is 4.97. The predicted octanol–water partition coefficient (Wildman–Crippen LogP) is 2.41. The molecule has 0 atom stereocenters. The first-order valence-corrected chi connectivity index (χ1v) is 4.97. The first-order chi connectivity index (χ1) is 6.74. The summed E-state index contributed by atoms with van der Waals surface area (Å²) in [5, 5.41) is 1.35. The number of benzene rings is 1. The number of nitrogens with two attached hydrogens (primary N) is 1. The van der Waals surface area contributed by atoms with Crippen LogP contribution in [-0.4, -0.2) is 11.1 Å². The Labute approximate surface area is 96.5 Å². The predicted molar refractivity (Wildman–Crippen MR) is 67.7 cm³/mol. The Kier molecular flexibility index (Phi) is 3.77. The van der Waals surface area contributed by atoms with Crippen LogP contribution in [0.2, 0.25) is 0 Å². The van der Waals surface area contributed by atoms with E-state index < -0.39 is 0 Å². The Bertz CT molecular complexity index is 460. The topological polar surface area (TPSA) is 30.9 Å². The van der Waals surface area contributed by atoms with Gasteiger partial charge in [0, 0.05) is 24.1 Å². The van der Waals surface area contributed by atoms with E-state index in [-0.39, 0.29) is 12.4 Å². The molecule has 0 saturated heterocycles. The monoisotopic (exact) mass is 224 g/mol. The van der Waals surface area contributed by atoms with Crippen LogP contribution < -0.4 is 5.73 Å². The molecule has 1 heterocycles. The van der Waals surface area contributed by atoms with E-state index in [2.05, 4.69) is 42.9 Å². The van der Waals surface area contributed by atoms with Crippen molar-refractivity contribution in [3.63, 3.8) is 0 Å². The summed E-state index contributed by atoms with van der Waals surface area (Å²) >= 11 is 0. The van der Waals surface area contributed by atoms with Crippen LogP contribution >= 0.6 is 12.4 Å². The molecule has 0 radical (unpaired) electrons. The van der Waals surface area contributed by atoms with Crippen LogP contribution in [0.3, 0.4) is 0 Å². The maximum Gasteiger partial charge on any atom is 0.0480 e. The van der Waals surface area contributed by atoms with Gasteiger partial charge in [0.2, 0.25) is 0 Å². The molecule has 2 N–H and O–H groups in total. The Morgan fingerprint density at radius 1 is 1.27 bits per heavy atom. The van der Waals surface area contributed by atoms with Crippen molar-refractivity contribution in [3.05, 3.63) is 35.5 Å². The Hall–Kier alpha value is -0.990. The summed E-state index contributed by atoms with van der Waals surface area (Å²) in [6, 6.07) is 6.52. The number of rotatable bonds is 2. The molecule has 0 saturated carbocycles. The standard InChI is InChI=1S/C12H16N2.ClH/c1-9-3-4-12-11(6-8-14(12)2)10(9)5-7-13;/h3-4,6,8H,5,7,13H2,1-2H3;1H. The summed E-state index contributed by atoms with van der Waals surface area (Å²) in [4.78, 5) is 0. The quantitative estimate of drug-likeness (QED) is 0.835. The van der Waals surface area contributed by atoms with Gasteiger partial charge in [0.15, 0.2) is 0 Å². The number of aryl methyl sites for hydroxylation is 2. The third-order valence-electron chi connectivity index (χ3n) is 2.81. The van der Waals surface area contributed by atoms with Crippen LogP contribution in [0.1, 0.15) is 11.1 Å². The molecule has 2 rings (SSSR count). The summed E-state index contributed by atoms with van der Waals surface area (Å²) in [6.07, 6.45) is 3.07. The van der Waals surface area contributed by atoms with Crippen molar-refractivity contribution >= 4 is 23.3 Å². The summed E-state index contributed by atoms with van der Waals surface area (Å²) in [5.41, 5.74) is 9.65. The molecule has 0 aliphatic heterocycles. The van der Waals surface area contributed by atoms with E-state index in [1.165, 1.54) is 22.0 Å². The van der Waals surface area contributed by atoms with Gasteiger partial charge in [-0.15, -0.1) is 12.4 Å². The first kappa shape index (κ1) is 12.1. The smallest absolute Gasteiger partial charge is 0.0480 e. The minimum absolute atomic E-state index is 0. The van der Waals surface area contributed by atoms with Crippen LogP contribution in [0.25, 0.3) is 10.9 Å². The molecular formula is C12H17ClN2. The minimum Gasteiger partial charge on any atom is -0.351 e. The lowest BCUT2D eigenvalue weighted by molar-refractivity contribution is 0.957. The summed E-state index contributed by atoms with van der Waals surface area (Å²) in [5.74, 6) is 0. The largest absolute Gasteiger partial charge is 0.351 e. The van der Waals surface area contributed by atoms with E-state index in [0.717, 1.165) is 13.0 Å². The molecule has 0 bridgehead atoms. The Balaban J connectivity index is 0.00000112. The molecule has 15 heavy (non-hydrogen) atoms. The minimum atomic E-state index is 0. The average molecular weight is 225 g/mol. The molecule has 3 heteroatoms. The van der Waals surface area contributed by atoms with Crippen LogP contribution in [0, 0.1) is 6.92 Å². The molecule has 1 aromatic carbocycles. The Morgan fingerprint density at radius 3 is 2.67 bits per heavy atom. The fraction of sp³-hybridized carbons (Fsp3) is 0.333. The van der Waals surface area contributed by atoms with Crippen molar-refractivity contribution in [1.29, 1.82) is 0 Å². The molecule has 0 aliphatic carbocycles. The van der Waals surface area contributed by atoms with Gasteiger partial charge < -0.3 is 10.3 Å². The van der Waals surface area contributed by atoms with E-state index >= 15 is 0 Å². The Morgan fingerprint density at radius 2 is 2.00 bits per heavy atom. The fourth-order valence-electron chi connectivity index (χ4n) is 2.00. The third-order valence-corrected chi connectivity index (χ3v) is 2.81. The van der Waals surface area contributed by atoms with Crippen molar-refractivity contribution < 1.29 is 0 Å². The number of hydrogen-bond donors (Lipinski definition) is 1. The second-order valence-corrected chi connectivity index (χ2v) is 3.76. The highest BCUT2D eigenvalue weighted by Crippen LogP contribution is 2.22. The second-order valence-electron chi connectivity index (χ2n) is 3.76.